The molecule has 5 rings (SSSR count). The number of hydrogen-bond donors (Lipinski definition) is 0. The quantitative estimate of drug-likeness (QED) is 0.216. The van der Waals surface area contributed by atoms with Gasteiger partial charge >= 0.3 is 5.69 Å². The molecule has 1 heterocycles. The van der Waals surface area contributed by atoms with Crippen LogP contribution in [0.2, 0.25) is 0 Å². The van der Waals surface area contributed by atoms with Crippen molar-refractivity contribution in [3.8, 4) is 11.5 Å². The number of ether oxygens (including phenoxy) is 1. The summed E-state index contributed by atoms with van der Waals surface area (Å²) in [5.41, 5.74) is 1.97. The van der Waals surface area contributed by atoms with Crippen molar-refractivity contribution in [3.05, 3.63) is 89.2 Å². The molecule has 43 heavy (non-hydrogen) atoms. The van der Waals surface area contributed by atoms with Crippen molar-refractivity contribution >= 4 is 38.9 Å². The largest absolute Gasteiger partial charge is 0.450 e. The van der Waals surface area contributed by atoms with Crippen molar-refractivity contribution in [2.45, 2.75) is 72.6 Å². The molecule has 0 bridgehead atoms. The average molecular weight is 653 g/mol. The SMILES string of the molecule is CCCN1C2=C(C(=O)CC(C)(C)C2)C(c2cc(Br)ccc2Oc2ccc([N+](=O)[O-])cc2[N+](=O)[O-])C2=C1CC(C)(C)CC2=O. The van der Waals surface area contributed by atoms with Gasteiger partial charge in [0.05, 0.1) is 15.9 Å². The number of ketones is 2. The van der Waals surface area contributed by atoms with Crippen LogP contribution in [0.3, 0.4) is 0 Å². The van der Waals surface area contributed by atoms with Crippen molar-refractivity contribution in [1.29, 1.82) is 0 Å². The Morgan fingerprint density at radius 2 is 1.42 bits per heavy atom. The molecule has 11 heteroatoms. The molecule has 0 saturated heterocycles. The van der Waals surface area contributed by atoms with Gasteiger partial charge in [-0.1, -0.05) is 50.5 Å². The molecular weight excluding hydrogens is 618 g/mol. The van der Waals surface area contributed by atoms with Crippen molar-refractivity contribution in [2.75, 3.05) is 6.54 Å². The van der Waals surface area contributed by atoms with E-state index in [0.717, 1.165) is 29.9 Å². The van der Waals surface area contributed by atoms with Crippen molar-refractivity contribution in [3.63, 3.8) is 0 Å². The van der Waals surface area contributed by atoms with Gasteiger partial charge in [0.2, 0.25) is 5.75 Å². The average Bonchev–Trinajstić information content (AvgIpc) is 2.89. The Balaban J connectivity index is 1.76. The highest BCUT2D eigenvalue weighted by atomic mass is 79.9. The smallest absolute Gasteiger partial charge is 0.318 e. The lowest BCUT2D eigenvalue weighted by Gasteiger charge is -2.49. The molecule has 0 radical (unpaired) electrons. The van der Waals surface area contributed by atoms with Gasteiger partial charge in [0.1, 0.15) is 5.75 Å². The number of rotatable bonds is 7. The molecule has 0 atom stereocenters. The summed E-state index contributed by atoms with van der Waals surface area (Å²) in [5, 5.41) is 23.2. The Kier molecular flexibility index (Phi) is 7.83. The van der Waals surface area contributed by atoms with Gasteiger partial charge in [-0.3, -0.25) is 29.8 Å². The summed E-state index contributed by atoms with van der Waals surface area (Å²) in [6, 6.07) is 8.34. The van der Waals surface area contributed by atoms with Crippen LogP contribution in [0.25, 0.3) is 0 Å². The number of nitro groups is 2. The number of nitro benzene ring substituents is 2. The maximum atomic E-state index is 14.1. The van der Waals surface area contributed by atoms with Crippen LogP contribution < -0.4 is 4.74 Å². The fourth-order valence-electron chi connectivity index (χ4n) is 6.66. The first-order valence-corrected chi connectivity index (χ1v) is 15.1. The van der Waals surface area contributed by atoms with Crippen LogP contribution in [0.1, 0.15) is 78.2 Å². The molecule has 1 aliphatic heterocycles. The molecular formula is C32H34BrN3O7. The van der Waals surface area contributed by atoms with Crippen LogP contribution >= 0.6 is 15.9 Å². The first kappa shape index (κ1) is 30.6. The molecule has 0 saturated carbocycles. The fourth-order valence-corrected chi connectivity index (χ4v) is 7.04. The van der Waals surface area contributed by atoms with E-state index in [1.165, 1.54) is 6.07 Å². The van der Waals surface area contributed by atoms with Crippen LogP contribution in [0.4, 0.5) is 11.4 Å². The second-order valence-corrected chi connectivity index (χ2v) is 14.1. The second-order valence-electron chi connectivity index (χ2n) is 13.1. The molecule has 0 unspecified atom stereocenters. The number of halogens is 1. The Morgan fingerprint density at radius 1 is 0.860 bits per heavy atom. The van der Waals surface area contributed by atoms with Gasteiger partial charge in [0, 0.05) is 63.9 Å². The Labute approximate surface area is 258 Å². The van der Waals surface area contributed by atoms with E-state index in [1.807, 2.05) is 0 Å². The number of Topliss-reactive ketones (excluding diaryl/α,β-unsaturated/α-hetero) is 2. The lowest BCUT2D eigenvalue weighted by Crippen LogP contribution is -2.44. The zero-order chi connectivity index (χ0) is 31.4. The van der Waals surface area contributed by atoms with Crippen LogP contribution in [0.5, 0.6) is 11.5 Å². The Bertz CT molecular complexity index is 1590. The van der Waals surface area contributed by atoms with E-state index in [0.29, 0.717) is 53.4 Å². The number of nitrogens with zero attached hydrogens (tertiary/aromatic N) is 3. The van der Waals surface area contributed by atoms with E-state index in [2.05, 4.69) is 55.4 Å². The third-order valence-electron chi connectivity index (χ3n) is 8.32. The first-order chi connectivity index (χ1) is 20.1. The predicted octanol–water partition coefficient (Wildman–Crippen LogP) is 8.15. The summed E-state index contributed by atoms with van der Waals surface area (Å²) in [6.07, 6.45) is 2.80. The second kappa shape index (κ2) is 11.0. The minimum atomic E-state index is -0.731. The fraction of sp³-hybridized carbons (Fsp3) is 0.438. The number of allylic oxidation sites excluding steroid dienone is 4. The molecule has 2 aliphatic carbocycles. The summed E-state index contributed by atoms with van der Waals surface area (Å²) >= 11 is 3.54. The number of hydrogen-bond acceptors (Lipinski definition) is 8. The molecule has 0 N–H and O–H groups in total. The molecule has 2 aromatic carbocycles. The van der Waals surface area contributed by atoms with Gasteiger partial charge in [-0.25, -0.2) is 0 Å². The third-order valence-corrected chi connectivity index (χ3v) is 8.82. The van der Waals surface area contributed by atoms with E-state index in [4.69, 9.17) is 4.74 Å². The summed E-state index contributed by atoms with van der Waals surface area (Å²) in [5.74, 6) is -0.751. The summed E-state index contributed by atoms with van der Waals surface area (Å²) < 4.78 is 6.85. The zero-order valence-electron chi connectivity index (χ0n) is 24.9. The molecule has 0 amide bonds. The van der Waals surface area contributed by atoms with Gasteiger partial charge in [0.25, 0.3) is 5.69 Å². The van der Waals surface area contributed by atoms with Gasteiger partial charge in [-0.2, -0.15) is 0 Å². The highest BCUT2D eigenvalue weighted by molar-refractivity contribution is 9.10. The molecule has 10 nitrogen and oxygen atoms in total. The van der Waals surface area contributed by atoms with Crippen LogP contribution in [-0.2, 0) is 9.59 Å². The molecule has 0 aromatic heterocycles. The van der Waals surface area contributed by atoms with Crippen LogP contribution in [-0.4, -0.2) is 32.9 Å². The van der Waals surface area contributed by atoms with Crippen molar-refractivity contribution in [1.82, 2.24) is 4.90 Å². The van der Waals surface area contributed by atoms with Crippen LogP contribution in [0.15, 0.2) is 63.4 Å². The van der Waals surface area contributed by atoms with Gasteiger partial charge in [-0.15, -0.1) is 0 Å². The molecule has 0 spiro atoms. The monoisotopic (exact) mass is 651 g/mol. The standard InChI is InChI=1S/C32H34BrN3O7/c1-6-11-34-22-14-31(2,3)16-24(37)29(22)28(30-23(34)15-32(4,5)17-25(30)38)20-12-18(33)7-9-26(20)43-27-10-8-19(35(39)40)13-21(27)36(41)42/h7-10,12-13,28H,6,11,14-17H2,1-5H3. The highest BCUT2D eigenvalue weighted by Crippen LogP contribution is 2.56. The maximum absolute atomic E-state index is 14.1. The summed E-state index contributed by atoms with van der Waals surface area (Å²) in [4.78, 5) is 52.1. The lowest BCUT2D eigenvalue weighted by atomic mass is 9.63. The number of carbonyl (C=O) groups is 2. The lowest BCUT2D eigenvalue weighted by molar-refractivity contribution is -0.394. The Hall–Kier alpha value is -3.86. The number of carbonyl (C=O) groups excluding carboxylic acids is 2. The predicted molar refractivity (Wildman–Crippen MR) is 164 cm³/mol. The van der Waals surface area contributed by atoms with Gasteiger partial charge in [0.15, 0.2) is 11.6 Å². The van der Waals surface area contributed by atoms with E-state index in [9.17, 15) is 29.8 Å². The molecule has 2 aromatic rings. The van der Waals surface area contributed by atoms with Gasteiger partial charge < -0.3 is 9.64 Å². The molecule has 3 aliphatic rings. The summed E-state index contributed by atoms with van der Waals surface area (Å²) in [7, 11) is 0. The Morgan fingerprint density at radius 3 is 1.93 bits per heavy atom. The van der Waals surface area contributed by atoms with E-state index < -0.39 is 27.1 Å². The number of non-ortho nitro benzene ring substituents is 1. The minimum Gasteiger partial charge on any atom is -0.450 e. The third kappa shape index (κ3) is 5.74. The highest BCUT2D eigenvalue weighted by Gasteiger charge is 2.49. The first-order valence-electron chi connectivity index (χ1n) is 14.3. The molecule has 0 fully saturated rings. The van der Waals surface area contributed by atoms with Crippen molar-refractivity contribution < 1.29 is 24.2 Å². The van der Waals surface area contributed by atoms with Crippen molar-refractivity contribution in [2.24, 2.45) is 10.8 Å². The number of benzene rings is 2. The maximum Gasteiger partial charge on any atom is 0.318 e. The van der Waals surface area contributed by atoms with E-state index in [1.54, 1.807) is 18.2 Å². The van der Waals surface area contributed by atoms with Gasteiger partial charge in [-0.05, 0) is 54.4 Å². The van der Waals surface area contributed by atoms with E-state index >= 15 is 0 Å². The molecule has 226 valence electrons. The zero-order valence-corrected chi connectivity index (χ0v) is 26.4. The minimum absolute atomic E-state index is 0.0335. The van der Waals surface area contributed by atoms with Crippen LogP contribution in [0, 0.1) is 31.1 Å². The normalized spacial score (nSPS) is 19.7. The topological polar surface area (TPSA) is 133 Å². The van der Waals surface area contributed by atoms with E-state index in [-0.39, 0.29) is 33.9 Å². The summed E-state index contributed by atoms with van der Waals surface area (Å²) in [6.45, 7) is 11.1.